The molecule has 7 atom stereocenters. The SMILES string of the molecule is CCC(C)[C@H](CC(=O)[C@@H](C)Cc1cnc[nH]1)C(=O)N[C@@H](CC(C)C)C(=O)NCc1ccc(CCC(=O)[C@H](CCNC(=O)CC[C@@H](C(=O)O)N(CCN(CC(=O)O)CC(=O)O)CCN(CC(=O)O)CC(=O)O)NC(=O)CC[C@@H](C(=O)O)N(CCN(CC(=O)O)CC(=O)O)CCN(CC(=O)O)CC(=O)O)cc1.[Y].[Y]. The number of amides is 4. The average molecular weight is 1670 g/mol. The third-order valence-corrected chi connectivity index (χ3v) is 17.1. The van der Waals surface area contributed by atoms with Gasteiger partial charge in [-0.25, -0.2) is 4.98 Å². The molecule has 2 rings (SSSR count). The van der Waals surface area contributed by atoms with Gasteiger partial charge >= 0.3 is 59.7 Å². The number of rotatable bonds is 60. The normalized spacial score (nSPS) is 13.3. The zero-order chi connectivity index (χ0) is 79.0. The Morgan fingerprint density at radius 1 is 0.467 bits per heavy atom. The number of carbonyl (C=O) groups is 16. The van der Waals surface area contributed by atoms with Crippen LogP contribution in [0.3, 0.4) is 0 Å². The number of hydrogen-bond acceptors (Lipinski definition) is 23. The third kappa shape index (κ3) is 43.2. The van der Waals surface area contributed by atoms with E-state index < -0.39 is 229 Å². The van der Waals surface area contributed by atoms with Crippen molar-refractivity contribution in [2.75, 3.05) is 111 Å². The third-order valence-electron chi connectivity index (χ3n) is 17.1. The summed E-state index contributed by atoms with van der Waals surface area (Å²) in [7, 11) is 0. The molecular weight excluding hydrogens is 1570 g/mol. The predicted octanol–water partition coefficient (Wildman–Crippen LogP) is -1.50. The van der Waals surface area contributed by atoms with Crippen LogP contribution in [0.1, 0.15) is 109 Å². The van der Waals surface area contributed by atoms with Gasteiger partial charge in [-0.05, 0) is 61.5 Å². The zero-order valence-corrected chi connectivity index (χ0v) is 66.6. The number of Topliss-reactive ketones (excluding diaryl/α,β-unsaturated/α-hetero) is 2. The minimum absolute atomic E-state index is 0. The number of aliphatic carboxylic acids is 10. The fraction of sp³-hybridized carbons (Fsp3) is 0.627. The van der Waals surface area contributed by atoms with Gasteiger partial charge in [-0.1, -0.05) is 65.3 Å². The van der Waals surface area contributed by atoms with Crippen LogP contribution in [0, 0.1) is 23.7 Å². The van der Waals surface area contributed by atoms with E-state index in [1.807, 2.05) is 27.7 Å². The summed E-state index contributed by atoms with van der Waals surface area (Å²) in [6, 6.07) is 1.08. The molecule has 40 heteroatoms. The number of aryl methyl sites for hydroxylation is 1. The molecular formula is C67H102N12O26Y2. The van der Waals surface area contributed by atoms with Gasteiger partial charge in [0.25, 0.3) is 0 Å². The number of carboxylic acid groups (broad SMARTS) is 10. The van der Waals surface area contributed by atoms with Crippen molar-refractivity contribution in [2.45, 2.75) is 136 Å². The largest absolute Gasteiger partial charge is 0.480 e. The maximum Gasteiger partial charge on any atom is 0.320 e. The second-order valence-corrected chi connectivity index (χ2v) is 26.1. The van der Waals surface area contributed by atoms with Crippen molar-refractivity contribution in [1.29, 1.82) is 0 Å². The van der Waals surface area contributed by atoms with E-state index in [-0.39, 0.29) is 154 Å². The van der Waals surface area contributed by atoms with Gasteiger partial charge in [0.2, 0.25) is 23.6 Å². The standard InChI is InChI=1S/C67H102N12O26.2Y/c1-6-42(4)47(29-53(81)43(5)28-46-31-68-40-71-46)64(100)73-49(27-41(2)3)65(101)70-30-45-9-7-44(8-10-45)11-14-52(80)48(72-55(83)16-13-51(67(104)105)79(25-21-76(36-60(92)93)37-61(94)95)26-22-77(38-62(96)97)39-63(98)99)17-18-69-54(82)15-12-50(66(102)103)78(23-19-74(32-56(84)85)33-57(86)87)24-20-75(34-58(88)89)35-59(90)91;;/h7-10,31,40-43,47-51H,6,11-30,32-39H2,1-5H3,(H,68,71)(H,69,82)(H,70,101)(H,72,83)(H,73,100)(H,84,85)(H,86,87)(H,88,89)(H,90,91)(H,92,93)(H,94,95)(H,96,97)(H,98,99)(H,102,103)(H,104,105);;/t42?,43-,47-,48-,49-,50-,51-;;/m0../s1. The number of imidazole rings is 1. The molecule has 0 bridgehead atoms. The van der Waals surface area contributed by atoms with Crippen molar-refractivity contribution in [3.05, 3.63) is 53.6 Å². The minimum atomic E-state index is -1.66. The Bertz CT molecular complexity index is 3100. The number of ketones is 2. The van der Waals surface area contributed by atoms with Gasteiger partial charge in [0.05, 0.1) is 64.7 Å². The van der Waals surface area contributed by atoms with Gasteiger partial charge < -0.3 is 77.3 Å². The van der Waals surface area contributed by atoms with E-state index in [0.29, 0.717) is 24.0 Å². The molecule has 15 N–H and O–H groups in total. The Morgan fingerprint density at radius 2 is 0.869 bits per heavy atom. The molecule has 1 aromatic heterocycles. The first-order valence-corrected chi connectivity index (χ1v) is 34.2. The maximum absolute atomic E-state index is 14.3. The summed E-state index contributed by atoms with van der Waals surface area (Å²) in [5, 5.41) is 107. The molecule has 0 saturated heterocycles. The van der Waals surface area contributed by atoms with Crippen molar-refractivity contribution in [3.63, 3.8) is 0 Å². The molecule has 1 aromatic carbocycles. The Labute approximate surface area is 668 Å². The van der Waals surface area contributed by atoms with E-state index in [9.17, 15) is 128 Å². The molecule has 1 heterocycles. The molecule has 38 nitrogen and oxygen atoms in total. The number of hydrogen-bond donors (Lipinski definition) is 15. The minimum Gasteiger partial charge on any atom is -0.480 e. The van der Waals surface area contributed by atoms with E-state index in [0.717, 1.165) is 25.3 Å². The summed E-state index contributed by atoms with van der Waals surface area (Å²) >= 11 is 0. The van der Waals surface area contributed by atoms with Gasteiger partial charge in [0, 0.05) is 180 Å². The molecule has 592 valence electrons. The fourth-order valence-electron chi connectivity index (χ4n) is 11.5. The first kappa shape index (κ1) is 99.3. The molecule has 0 spiro atoms. The van der Waals surface area contributed by atoms with Crippen LogP contribution in [0.15, 0.2) is 36.8 Å². The number of carbonyl (C=O) groups excluding carboxylic acids is 6. The molecule has 0 saturated carbocycles. The molecule has 2 radical (unpaired) electrons. The molecule has 1 unspecified atom stereocenters. The zero-order valence-electron chi connectivity index (χ0n) is 60.9. The summed E-state index contributed by atoms with van der Waals surface area (Å²) in [4.78, 5) is 215. The predicted molar refractivity (Wildman–Crippen MR) is 368 cm³/mol. The van der Waals surface area contributed by atoms with Crippen LogP contribution in [0.4, 0.5) is 0 Å². The molecule has 4 amide bonds. The second kappa shape index (κ2) is 53.2. The summed E-state index contributed by atoms with van der Waals surface area (Å²) < 4.78 is 0. The quantitative estimate of drug-likeness (QED) is 0.0358. The summed E-state index contributed by atoms with van der Waals surface area (Å²) in [5.74, 6) is -19.2. The van der Waals surface area contributed by atoms with Crippen LogP contribution in [0.5, 0.6) is 0 Å². The van der Waals surface area contributed by atoms with Crippen molar-refractivity contribution in [3.8, 4) is 0 Å². The number of carboxylic acids is 10. The van der Waals surface area contributed by atoms with Crippen molar-refractivity contribution >= 4 is 94.9 Å². The first-order valence-electron chi connectivity index (χ1n) is 34.2. The summed E-state index contributed by atoms with van der Waals surface area (Å²) in [5.41, 5.74) is 2.00. The van der Waals surface area contributed by atoms with Crippen LogP contribution in [0.2, 0.25) is 0 Å². The summed E-state index contributed by atoms with van der Waals surface area (Å²) in [6.07, 6.45) is 1.59. The molecule has 0 aliphatic carbocycles. The van der Waals surface area contributed by atoms with Crippen LogP contribution in [-0.2, 0) is 162 Å². The molecule has 2 aromatic rings. The molecule has 0 aliphatic heterocycles. The van der Waals surface area contributed by atoms with Crippen molar-refractivity contribution < 1.29 is 193 Å². The average Bonchev–Trinajstić information content (AvgIpc) is 1.35. The van der Waals surface area contributed by atoms with Gasteiger partial charge in [-0.2, -0.15) is 0 Å². The Morgan fingerprint density at radius 3 is 1.23 bits per heavy atom. The maximum atomic E-state index is 14.3. The molecule has 0 fully saturated rings. The first-order chi connectivity index (χ1) is 49.3. The van der Waals surface area contributed by atoms with E-state index >= 15 is 0 Å². The topological polar surface area (TPSA) is 572 Å². The summed E-state index contributed by atoms with van der Waals surface area (Å²) in [6.45, 7) is -0.489. The Balaban J connectivity index is 0.0000562. The van der Waals surface area contributed by atoms with Gasteiger partial charge in [0.15, 0.2) is 5.78 Å². The van der Waals surface area contributed by atoms with Crippen molar-refractivity contribution in [2.24, 2.45) is 23.7 Å². The fourth-order valence-corrected chi connectivity index (χ4v) is 11.5. The van der Waals surface area contributed by atoms with Crippen molar-refractivity contribution in [1.82, 2.24) is 60.6 Å². The van der Waals surface area contributed by atoms with Gasteiger partial charge in [0.1, 0.15) is 23.9 Å². The molecule has 107 heavy (non-hydrogen) atoms. The van der Waals surface area contributed by atoms with E-state index in [1.165, 1.54) is 16.1 Å². The van der Waals surface area contributed by atoms with Gasteiger partial charge in [-0.15, -0.1) is 0 Å². The monoisotopic (exact) mass is 1670 g/mol. The smallest absolute Gasteiger partial charge is 0.320 e. The number of benzene rings is 1. The molecule has 0 aliphatic rings. The number of H-pyrrole nitrogens is 1. The Hall–Kier alpha value is -7.68. The van der Waals surface area contributed by atoms with E-state index in [2.05, 4.69) is 31.2 Å². The number of nitrogens with zero attached hydrogens (tertiary/aromatic N) is 7. The second-order valence-electron chi connectivity index (χ2n) is 26.1. The van der Waals surface area contributed by atoms with Crippen LogP contribution in [0.25, 0.3) is 0 Å². The van der Waals surface area contributed by atoms with Crippen LogP contribution >= 0.6 is 0 Å². The number of aromatic nitrogens is 2. The number of nitrogens with one attached hydrogen (secondary N) is 5. The van der Waals surface area contributed by atoms with Gasteiger partial charge in [-0.3, -0.25) is 106 Å². The van der Waals surface area contributed by atoms with E-state index in [4.69, 9.17) is 0 Å². The van der Waals surface area contributed by atoms with Crippen LogP contribution < -0.4 is 21.3 Å². The number of aromatic amines is 1. The Kier molecular flexibility index (Phi) is 49.4. The van der Waals surface area contributed by atoms with E-state index in [1.54, 1.807) is 37.4 Å². The van der Waals surface area contributed by atoms with Crippen LogP contribution in [-0.4, -0.2) is 321 Å².